The summed E-state index contributed by atoms with van der Waals surface area (Å²) in [6.45, 7) is 8.24. The highest BCUT2D eigenvalue weighted by Gasteiger charge is 2.13. The zero-order valence-corrected chi connectivity index (χ0v) is 16.6. The molecule has 0 radical (unpaired) electrons. The van der Waals surface area contributed by atoms with Crippen LogP contribution in [-0.2, 0) is 10.0 Å². The van der Waals surface area contributed by atoms with Gasteiger partial charge in [-0.2, -0.15) is 4.98 Å². The predicted octanol–water partition coefficient (Wildman–Crippen LogP) is 3.31. The summed E-state index contributed by atoms with van der Waals surface area (Å²) in [6.07, 6.45) is 0.986. The molecule has 4 N–H and O–H groups in total. The number of aromatic nitrogens is 2. The van der Waals surface area contributed by atoms with Gasteiger partial charge < -0.3 is 15.4 Å². The fourth-order valence-electron chi connectivity index (χ4n) is 2.51. The van der Waals surface area contributed by atoms with E-state index in [1.165, 1.54) is 6.07 Å². The van der Waals surface area contributed by atoms with Crippen molar-refractivity contribution in [3.8, 4) is 5.75 Å². The van der Waals surface area contributed by atoms with Crippen LogP contribution in [0.1, 0.15) is 5.56 Å². The van der Waals surface area contributed by atoms with E-state index in [2.05, 4.69) is 25.4 Å². The summed E-state index contributed by atoms with van der Waals surface area (Å²) in [4.78, 5) is 11.0. The van der Waals surface area contributed by atoms with E-state index in [1.54, 1.807) is 43.3 Å². The average Bonchev–Trinajstić information content (AvgIpc) is 2.70. The minimum atomic E-state index is -3.89. The molecule has 0 saturated heterocycles. The van der Waals surface area contributed by atoms with E-state index in [-0.39, 0.29) is 23.4 Å². The smallest absolute Gasteiger partial charge is 0.357 e. The van der Waals surface area contributed by atoms with Crippen molar-refractivity contribution in [2.75, 3.05) is 17.4 Å². The Bertz CT molecular complexity index is 1210. The molecule has 3 rings (SSSR count). The van der Waals surface area contributed by atoms with Crippen LogP contribution in [0.5, 0.6) is 5.75 Å². The first-order valence-corrected chi connectivity index (χ1v) is 10.1. The van der Waals surface area contributed by atoms with Crippen LogP contribution in [-0.4, -0.2) is 25.1 Å². The lowest BCUT2D eigenvalue weighted by Crippen LogP contribution is -2.14. The van der Waals surface area contributed by atoms with Gasteiger partial charge in [-0.1, -0.05) is 6.07 Å². The topological polar surface area (TPSA) is 124 Å². The van der Waals surface area contributed by atoms with Crippen LogP contribution < -0.4 is 20.5 Å². The molecule has 0 aliphatic heterocycles. The average molecular weight is 428 g/mol. The van der Waals surface area contributed by atoms with Crippen LogP contribution >= 0.6 is 0 Å². The molecular weight excluding hydrogens is 411 g/mol. The van der Waals surface area contributed by atoms with Gasteiger partial charge >= 0.3 is 6.73 Å². The molecule has 154 valence electrons. The molecule has 3 aromatic rings. The molecule has 30 heavy (non-hydrogen) atoms. The Morgan fingerprint density at radius 3 is 2.53 bits per heavy atom. The van der Waals surface area contributed by atoms with Crippen molar-refractivity contribution < 1.29 is 17.5 Å². The first-order valence-electron chi connectivity index (χ1n) is 8.52. The van der Waals surface area contributed by atoms with E-state index in [1.807, 2.05) is 0 Å². The minimum absolute atomic E-state index is 0.0338. The molecule has 11 heteroatoms. The SMILES string of the molecule is [C-]#[N+]COc1ccc(Nc2nc(Nc3ccc(C)c(S(N)(=O)=O)c3)ncc2F)cc1. The Morgan fingerprint density at radius 1 is 1.17 bits per heavy atom. The van der Waals surface area contributed by atoms with Crippen molar-refractivity contribution in [3.05, 3.63) is 71.5 Å². The molecule has 9 nitrogen and oxygen atoms in total. The summed E-state index contributed by atoms with van der Waals surface area (Å²) in [5, 5.41) is 10.9. The number of nitrogens with zero attached hydrogens (tertiary/aromatic N) is 3. The number of aryl methyl sites for hydroxylation is 1. The highest BCUT2D eigenvalue weighted by molar-refractivity contribution is 7.89. The van der Waals surface area contributed by atoms with E-state index in [4.69, 9.17) is 16.4 Å². The van der Waals surface area contributed by atoms with Gasteiger partial charge in [0.05, 0.1) is 11.1 Å². The van der Waals surface area contributed by atoms with E-state index in [0.29, 0.717) is 22.7 Å². The Balaban J connectivity index is 1.80. The fraction of sp³-hybridized carbons (Fsp3) is 0.105. The van der Waals surface area contributed by atoms with Crippen LogP contribution in [0.2, 0.25) is 0 Å². The molecular formula is C19H17FN6O3S. The summed E-state index contributed by atoms with van der Waals surface area (Å²) in [5.74, 6) is -0.198. The number of halogens is 1. The van der Waals surface area contributed by atoms with Gasteiger partial charge in [0, 0.05) is 11.4 Å². The Morgan fingerprint density at radius 2 is 1.87 bits per heavy atom. The van der Waals surface area contributed by atoms with Crippen LogP contribution in [0, 0.1) is 19.3 Å². The second-order valence-corrected chi connectivity index (χ2v) is 7.65. The molecule has 0 bridgehead atoms. The normalized spacial score (nSPS) is 10.9. The molecule has 0 amide bonds. The van der Waals surface area contributed by atoms with Gasteiger partial charge in [0.15, 0.2) is 11.6 Å². The van der Waals surface area contributed by atoms with Crippen molar-refractivity contribution >= 4 is 33.2 Å². The Kier molecular flexibility index (Phi) is 6.10. The van der Waals surface area contributed by atoms with Gasteiger partial charge in [0.25, 0.3) is 0 Å². The number of sulfonamides is 1. The minimum Gasteiger partial charge on any atom is -0.426 e. The van der Waals surface area contributed by atoms with Gasteiger partial charge in [0.1, 0.15) is 5.75 Å². The van der Waals surface area contributed by atoms with Crippen molar-refractivity contribution in [2.24, 2.45) is 5.14 Å². The van der Waals surface area contributed by atoms with Crippen LogP contribution in [0.4, 0.5) is 27.5 Å². The standard InChI is InChI=1S/C19H17FN6O3S/c1-12-3-4-14(9-17(12)30(21,27)28)25-19-23-10-16(20)18(26-19)24-13-5-7-15(8-6-13)29-11-22-2/h3-10H,11H2,1H3,(H2,21,27,28)(H2,23,24,25,26). The first kappa shape index (κ1) is 21.0. The van der Waals surface area contributed by atoms with E-state index in [0.717, 1.165) is 6.20 Å². The number of primary sulfonamides is 1. The molecule has 0 fully saturated rings. The third kappa shape index (κ3) is 5.19. The van der Waals surface area contributed by atoms with Crippen molar-refractivity contribution in [1.82, 2.24) is 9.97 Å². The molecule has 0 spiro atoms. The van der Waals surface area contributed by atoms with Gasteiger partial charge in [0.2, 0.25) is 16.0 Å². The third-order valence-corrected chi connectivity index (χ3v) is 4.96. The van der Waals surface area contributed by atoms with Gasteiger partial charge in [-0.05, 0) is 48.9 Å². The summed E-state index contributed by atoms with van der Waals surface area (Å²) in [7, 11) is -3.89. The monoisotopic (exact) mass is 428 g/mol. The lowest BCUT2D eigenvalue weighted by Gasteiger charge is -2.11. The molecule has 2 aromatic carbocycles. The highest BCUT2D eigenvalue weighted by atomic mass is 32.2. The zero-order valence-electron chi connectivity index (χ0n) is 15.8. The molecule has 0 atom stereocenters. The lowest BCUT2D eigenvalue weighted by atomic mass is 10.2. The number of nitrogens with two attached hydrogens (primary N) is 1. The van der Waals surface area contributed by atoms with E-state index in [9.17, 15) is 12.8 Å². The second kappa shape index (κ2) is 8.73. The molecule has 1 aromatic heterocycles. The Labute approximate surface area is 172 Å². The number of anilines is 4. The van der Waals surface area contributed by atoms with Crippen molar-refractivity contribution in [1.29, 1.82) is 0 Å². The molecule has 0 saturated carbocycles. The number of ether oxygens (including phenoxy) is 1. The number of rotatable bonds is 7. The summed E-state index contributed by atoms with van der Waals surface area (Å²) in [6, 6.07) is 11.1. The van der Waals surface area contributed by atoms with Crippen molar-refractivity contribution in [3.63, 3.8) is 0 Å². The van der Waals surface area contributed by atoms with E-state index < -0.39 is 15.8 Å². The summed E-state index contributed by atoms with van der Waals surface area (Å²) < 4.78 is 42.7. The number of nitrogens with one attached hydrogen (secondary N) is 2. The molecule has 0 aliphatic rings. The van der Waals surface area contributed by atoms with Gasteiger partial charge in [-0.25, -0.2) is 29.5 Å². The number of hydrogen-bond acceptors (Lipinski definition) is 7. The maximum atomic E-state index is 14.1. The second-order valence-electron chi connectivity index (χ2n) is 6.12. The maximum absolute atomic E-state index is 14.1. The lowest BCUT2D eigenvalue weighted by molar-refractivity contribution is 0.361. The molecule has 0 aliphatic carbocycles. The molecule has 0 unspecified atom stereocenters. The number of hydrogen-bond donors (Lipinski definition) is 3. The first-order chi connectivity index (χ1) is 14.3. The summed E-state index contributed by atoms with van der Waals surface area (Å²) in [5.41, 5.74) is 1.42. The van der Waals surface area contributed by atoms with Crippen LogP contribution in [0.15, 0.2) is 53.6 Å². The molecule has 1 heterocycles. The Hall–Kier alpha value is -3.75. The maximum Gasteiger partial charge on any atom is 0.357 e. The van der Waals surface area contributed by atoms with Crippen molar-refractivity contribution in [2.45, 2.75) is 11.8 Å². The quantitative estimate of drug-likeness (QED) is 0.493. The van der Waals surface area contributed by atoms with E-state index >= 15 is 0 Å². The summed E-state index contributed by atoms with van der Waals surface area (Å²) >= 11 is 0. The predicted molar refractivity (Wildman–Crippen MR) is 110 cm³/mol. The largest absolute Gasteiger partial charge is 0.426 e. The van der Waals surface area contributed by atoms with Gasteiger partial charge in [-0.15, -0.1) is 0 Å². The highest BCUT2D eigenvalue weighted by Crippen LogP contribution is 2.24. The van der Waals surface area contributed by atoms with Gasteiger partial charge in [-0.3, -0.25) is 4.85 Å². The third-order valence-electron chi connectivity index (χ3n) is 3.91. The fourth-order valence-corrected chi connectivity index (χ4v) is 3.31. The van der Waals surface area contributed by atoms with Crippen LogP contribution in [0.25, 0.3) is 4.85 Å². The van der Waals surface area contributed by atoms with Crippen LogP contribution in [0.3, 0.4) is 0 Å². The number of benzene rings is 2. The zero-order chi connectivity index (χ0) is 21.7.